The molecule has 1 saturated carbocycles. The monoisotopic (exact) mass is 307 g/mol. The van der Waals surface area contributed by atoms with Crippen LogP contribution in [0.25, 0.3) is 0 Å². The maximum absolute atomic E-state index is 4.76. The lowest BCUT2D eigenvalue weighted by atomic mass is 9.78. The molecular formula is C17H29N3S. The van der Waals surface area contributed by atoms with E-state index in [1.165, 1.54) is 61.5 Å². The number of hydrogen-bond acceptors (Lipinski definition) is 4. The van der Waals surface area contributed by atoms with Gasteiger partial charge in [-0.25, -0.2) is 4.98 Å². The molecule has 1 aliphatic heterocycles. The molecule has 1 aromatic heterocycles. The van der Waals surface area contributed by atoms with Crippen LogP contribution >= 0.6 is 11.3 Å². The zero-order valence-corrected chi connectivity index (χ0v) is 14.3. The summed E-state index contributed by atoms with van der Waals surface area (Å²) >= 11 is 1.91. The highest BCUT2D eigenvalue weighted by atomic mass is 32.1. The minimum absolute atomic E-state index is 0.433. The molecule has 1 aromatic rings. The maximum atomic E-state index is 4.76. The van der Waals surface area contributed by atoms with Gasteiger partial charge in [0.1, 0.15) is 0 Å². The number of nitrogens with zero attached hydrogens (tertiary/aromatic N) is 2. The van der Waals surface area contributed by atoms with Crippen molar-refractivity contribution in [1.29, 1.82) is 0 Å². The van der Waals surface area contributed by atoms with Crippen molar-refractivity contribution in [3.63, 3.8) is 0 Å². The Hall–Kier alpha value is -0.610. The van der Waals surface area contributed by atoms with E-state index in [0.29, 0.717) is 6.04 Å². The lowest BCUT2D eigenvalue weighted by Gasteiger charge is -2.44. The number of thiazole rings is 1. The molecular weight excluding hydrogens is 278 g/mol. The Morgan fingerprint density at radius 3 is 3.00 bits per heavy atom. The summed E-state index contributed by atoms with van der Waals surface area (Å²) in [6.07, 6.45) is 11.7. The molecule has 0 bridgehead atoms. The van der Waals surface area contributed by atoms with Gasteiger partial charge in [-0.2, -0.15) is 0 Å². The van der Waals surface area contributed by atoms with E-state index < -0.39 is 0 Å². The Bertz CT molecular complexity index is 443. The highest BCUT2D eigenvalue weighted by Gasteiger charge is 2.34. The van der Waals surface area contributed by atoms with E-state index in [2.05, 4.69) is 30.3 Å². The number of hydrogen-bond donors (Lipinski definition) is 1. The molecule has 0 radical (unpaired) electrons. The smallest absolute Gasteiger partial charge is 0.185 e. The molecule has 4 heteroatoms. The van der Waals surface area contributed by atoms with E-state index in [1.54, 1.807) is 0 Å². The number of fused-ring (bicyclic) bond motifs is 1. The summed E-state index contributed by atoms with van der Waals surface area (Å²) in [6, 6.07) is 1.20. The number of rotatable bonds is 5. The van der Waals surface area contributed by atoms with Gasteiger partial charge >= 0.3 is 0 Å². The second-order valence-electron chi connectivity index (χ2n) is 6.67. The average Bonchev–Trinajstić information content (AvgIpc) is 3.02. The second kappa shape index (κ2) is 7.10. The summed E-state index contributed by atoms with van der Waals surface area (Å²) in [5.74, 6) is 0.926. The quantitative estimate of drug-likeness (QED) is 0.876. The summed E-state index contributed by atoms with van der Waals surface area (Å²) in [6.45, 7) is 6.77. The topological polar surface area (TPSA) is 28.2 Å². The third-order valence-corrected chi connectivity index (χ3v) is 6.34. The molecule has 3 atom stereocenters. The predicted molar refractivity (Wildman–Crippen MR) is 91.1 cm³/mol. The largest absolute Gasteiger partial charge is 0.345 e. The predicted octanol–water partition coefficient (Wildman–Crippen LogP) is 4.36. The van der Waals surface area contributed by atoms with Crippen molar-refractivity contribution in [3.05, 3.63) is 11.1 Å². The van der Waals surface area contributed by atoms with Crippen molar-refractivity contribution < 1.29 is 0 Å². The third-order valence-electron chi connectivity index (χ3n) is 5.13. The van der Waals surface area contributed by atoms with Gasteiger partial charge in [-0.05, 0) is 51.5 Å². The van der Waals surface area contributed by atoms with Gasteiger partial charge in [0.15, 0.2) is 5.13 Å². The van der Waals surface area contributed by atoms with Crippen molar-refractivity contribution in [1.82, 2.24) is 10.3 Å². The van der Waals surface area contributed by atoms with Crippen LogP contribution in [0.1, 0.15) is 69.7 Å². The van der Waals surface area contributed by atoms with E-state index in [9.17, 15) is 0 Å². The fraction of sp³-hybridized carbons (Fsp3) is 0.824. The summed E-state index contributed by atoms with van der Waals surface area (Å²) in [7, 11) is 0. The van der Waals surface area contributed by atoms with Gasteiger partial charge in [0.05, 0.1) is 0 Å². The van der Waals surface area contributed by atoms with Crippen LogP contribution in [0.5, 0.6) is 0 Å². The number of piperidine rings is 1. The summed E-state index contributed by atoms with van der Waals surface area (Å²) in [4.78, 5) is 8.78. The van der Waals surface area contributed by atoms with E-state index in [4.69, 9.17) is 4.98 Å². The van der Waals surface area contributed by atoms with Gasteiger partial charge in [0, 0.05) is 29.7 Å². The van der Waals surface area contributed by atoms with E-state index in [1.807, 2.05) is 11.3 Å². The van der Waals surface area contributed by atoms with Crippen molar-refractivity contribution in [2.45, 2.75) is 70.9 Å². The van der Waals surface area contributed by atoms with Crippen LogP contribution in [-0.2, 0) is 0 Å². The van der Waals surface area contributed by atoms with Crippen molar-refractivity contribution in [3.8, 4) is 0 Å². The molecule has 0 spiro atoms. The Morgan fingerprint density at radius 2 is 2.14 bits per heavy atom. The van der Waals surface area contributed by atoms with Crippen LogP contribution in [0.2, 0.25) is 0 Å². The van der Waals surface area contributed by atoms with E-state index in [-0.39, 0.29) is 0 Å². The molecule has 3 rings (SSSR count). The molecule has 1 unspecified atom stereocenters. The van der Waals surface area contributed by atoms with Gasteiger partial charge in [0.2, 0.25) is 0 Å². The first-order chi connectivity index (χ1) is 10.3. The first-order valence-corrected chi connectivity index (χ1v) is 9.57. The zero-order valence-electron chi connectivity index (χ0n) is 13.5. The highest BCUT2D eigenvalue weighted by Crippen LogP contribution is 2.39. The Kier molecular flexibility index (Phi) is 5.17. The van der Waals surface area contributed by atoms with Crippen LogP contribution in [-0.4, -0.2) is 24.1 Å². The molecule has 2 heterocycles. The fourth-order valence-electron chi connectivity index (χ4n) is 3.93. The van der Waals surface area contributed by atoms with Crippen LogP contribution in [0.4, 0.5) is 5.13 Å². The molecule has 3 nitrogen and oxygen atoms in total. The summed E-state index contributed by atoms with van der Waals surface area (Å²) in [5.41, 5.74) is 0. The Balaban J connectivity index is 1.69. The van der Waals surface area contributed by atoms with Crippen LogP contribution in [0.3, 0.4) is 0 Å². The van der Waals surface area contributed by atoms with Crippen LogP contribution in [0.15, 0.2) is 6.20 Å². The van der Waals surface area contributed by atoms with Crippen LogP contribution < -0.4 is 10.2 Å². The lowest BCUT2D eigenvalue weighted by molar-refractivity contribution is 0.243. The van der Waals surface area contributed by atoms with Gasteiger partial charge < -0.3 is 10.2 Å². The standard InChI is InChI=1S/C17H29N3S/c1-3-10-18-13(2)16-12-19-17(21-16)20-11-6-8-14-7-4-5-9-15(14)20/h12-15,18H,3-11H2,1-2H3/t13?,14-,15-/m1/s1. The molecule has 1 saturated heterocycles. The summed E-state index contributed by atoms with van der Waals surface area (Å²) < 4.78 is 0. The highest BCUT2D eigenvalue weighted by molar-refractivity contribution is 7.15. The number of nitrogens with one attached hydrogen (secondary N) is 1. The van der Waals surface area contributed by atoms with Crippen molar-refractivity contribution in [2.75, 3.05) is 18.0 Å². The number of aromatic nitrogens is 1. The molecule has 0 amide bonds. The molecule has 2 fully saturated rings. The Labute approximate surface area is 133 Å². The van der Waals surface area contributed by atoms with Crippen molar-refractivity contribution >= 4 is 16.5 Å². The minimum atomic E-state index is 0.433. The number of anilines is 1. The first-order valence-electron chi connectivity index (χ1n) is 8.75. The molecule has 118 valence electrons. The minimum Gasteiger partial charge on any atom is -0.345 e. The maximum Gasteiger partial charge on any atom is 0.185 e. The molecule has 2 aliphatic rings. The van der Waals surface area contributed by atoms with E-state index >= 15 is 0 Å². The molecule has 0 aromatic carbocycles. The molecule has 1 aliphatic carbocycles. The lowest BCUT2D eigenvalue weighted by Crippen LogP contribution is -2.46. The second-order valence-corrected chi connectivity index (χ2v) is 7.71. The third kappa shape index (κ3) is 3.42. The van der Waals surface area contributed by atoms with Gasteiger partial charge in [-0.3, -0.25) is 0 Å². The van der Waals surface area contributed by atoms with Gasteiger partial charge in [-0.15, -0.1) is 11.3 Å². The SMILES string of the molecule is CCCNC(C)c1cnc(N2CCC[C@H]3CCCC[C@H]32)s1. The van der Waals surface area contributed by atoms with Gasteiger partial charge in [0.25, 0.3) is 0 Å². The molecule has 21 heavy (non-hydrogen) atoms. The van der Waals surface area contributed by atoms with Gasteiger partial charge in [-0.1, -0.05) is 19.8 Å². The zero-order chi connectivity index (χ0) is 14.7. The summed E-state index contributed by atoms with van der Waals surface area (Å²) in [5, 5.41) is 4.84. The van der Waals surface area contributed by atoms with Crippen molar-refractivity contribution in [2.24, 2.45) is 5.92 Å². The average molecular weight is 308 g/mol. The van der Waals surface area contributed by atoms with E-state index in [0.717, 1.165) is 18.5 Å². The Morgan fingerprint density at radius 1 is 1.33 bits per heavy atom. The first kappa shape index (κ1) is 15.3. The molecule has 1 N–H and O–H groups in total. The van der Waals surface area contributed by atoms with Crippen LogP contribution in [0, 0.1) is 5.92 Å². The fourth-order valence-corrected chi connectivity index (χ4v) is 4.96. The normalized spacial score (nSPS) is 27.4.